The number of terminal acetylenes is 1. The molecule has 4 amide bonds. The zero-order valence-corrected chi connectivity index (χ0v) is 23.4. The van der Waals surface area contributed by atoms with Crippen molar-refractivity contribution in [2.75, 3.05) is 19.7 Å². The van der Waals surface area contributed by atoms with E-state index in [4.69, 9.17) is 21.6 Å². The van der Waals surface area contributed by atoms with E-state index in [1.807, 2.05) is 6.92 Å². The molecule has 0 bridgehead atoms. The number of hydrogen-bond donors (Lipinski definition) is 3. The van der Waals surface area contributed by atoms with E-state index in [0.29, 0.717) is 17.5 Å². The van der Waals surface area contributed by atoms with Gasteiger partial charge < -0.3 is 30.7 Å². The van der Waals surface area contributed by atoms with Gasteiger partial charge >= 0.3 is 12.1 Å². The molecule has 0 aromatic heterocycles. The van der Waals surface area contributed by atoms with Gasteiger partial charge in [-0.1, -0.05) is 25.0 Å². The van der Waals surface area contributed by atoms with Crippen LogP contribution in [0.4, 0.5) is 4.79 Å². The summed E-state index contributed by atoms with van der Waals surface area (Å²) in [6.07, 6.45) is 4.77. The van der Waals surface area contributed by atoms with Crippen LogP contribution in [0.15, 0.2) is 24.3 Å². The maximum atomic E-state index is 13.9. The summed E-state index contributed by atoms with van der Waals surface area (Å²) in [6, 6.07) is 4.25. The van der Waals surface area contributed by atoms with Crippen molar-refractivity contribution in [2.45, 2.75) is 78.0 Å². The number of carbonyl (C=O) groups is 5. The maximum absolute atomic E-state index is 13.9. The quantitative estimate of drug-likeness (QED) is 0.239. The van der Waals surface area contributed by atoms with Gasteiger partial charge in [-0.15, -0.1) is 6.42 Å². The number of alkyl carbamates (subject to hydrolysis) is 1. The number of nitrogens with zero attached hydrogens (tertiary/aromatic N) is 1. The lowest BCUT2D eigenvalue weighted by atomic mass is 10.00. The molecule has 2 unspecified atom stereocenters. The van der Waals surface area contributed by atoms with E-state index in [2.05, 4.69) is 16.6 Å². The van der Waals surface area contributed by atoms with Crippen molar-refractivity contribution in [1.29, 1.82) is 0 Å². The molecule has 2 atom stereocenters. The molecule has 39 heavy (non-hydrogen) atoms. The fourth-order valence-electron chi connectivity index (χ4n) is 3.65. The van der Waals surface area contributed by atoms with Gasteiger partial charge in [-0.05, 0) is 58.2 Å². The molecule has 0 aliphatic carbocycles. The normalized spacial score (nSPS) is 12.3. The molecule has 0 radical (unpaired) electrons. The molecule has 0 aliphatic heterocycles. The Balaban J connectivity index is 3.39. The number of nitrogens with two attached hydrogens (primary N) is 1. The second-order valence-electron chi connectivity index (χ2n) is 9.75. The van der Waals surface area contributed by atoms with E-state index in [1.54, 1.807) is 52.0 Å². The summed E-state index contributed by atoms with van der Waals surface area (Å²) < 4.78 is 10.2. The Morgan fingerprint density at radius 2 is 1.72 bits per heavy atom. The van der Waals surface area contributed by atoms with Gasteiger partial charge in [-0.25, -0.2) is 4.79 Å². The molecule has 11 heteroatoms. The molecule has 0 aliphatic rings. The second kappa shape index (κ2) is 16.0. The number of ether oxygens (including phenoxy) is 2. The summed E-state index contributed by atoms with van der Waals surface area (Å²) in [7, 11) is 0. The Bertz CT molecular complexity index is 1040. The van der Waals surface area contributed by atoms with E-state index < -0.39 is 47.5 Å². The van der Waals surface area contributed by atoms with Crippen LogP contribution < -0.4 is 16.4 Å². The first-order valence-electron chi connectivity index (χ1n) is 12.9. The first kappa shape index (κ1) is 33.0. The topological polar surface area (TPSA) is 157 Å². The minimum absolute atomic E-state index is 0.00791. The molecule has 0 fully saturated rings. The van der Waals surface area contributed by atoms with Gasteiger partial charge in [-0.2, -0.15) is 0 Å². The van der Waals surface area contributed by atoms with E-state index in [0.717, 1.165) is 0 Å². The van der Waals surface area contributed by atoms with Crippen LogP contribution in [0.25, 0.3) is 0 Å². The van der Waals surface area contributed by atoms with Crippen LogP contribution in [0.3, 0.4) is 0 Å². The lowest BCUT2D eigenvalue weighted by Gasteiger charge is -2.34. The van der Waals surface area contributed by atoms with Gasteiger partial charge in [0.1, 0.15) is 17.7 Å². The second-order valence-corrected chi connectivity index (χ2v) is 9.75. The van der Waals surface area contributed by atoms with Gasteiger partial charge in [-0.3, -0.25) is 19.2 Å². The van der Waals surface area contributed by atoms with Crippen LogP contribution in [0, 0.1) is 12.3 Å². The Kier molecular flexibility index (Phi) is 13.5. The van der Waals surface area contributed by atoms with Crippen LogP contribution in [0.1, 0.15) is 77.5 Å². The number of primary amides is 1. The molecule has 0 saturated heterocycles. The molecule has 4 N–H and O–H groups in total. The van der Waals surface area contributed by atoms with Crippen LogP contribution >= 0.6 is 0 Å². The van der Waals surface area contributed by atoms with Crippen LogP contribution in [-0.2, 0) is 28.7 Å². The number of carbonyl (C=O) groups excluding carboxylic acids is 5. The number of rotatable bonds is 14. The third-order valence-corrected chi connectivity index (χ3v) is 5.30. The monoisotopic (exact) mass is 544 g/mol. The largest absolute Gasteiger partial charge is 0.466 e. The summed E-state index contributed by atoms with van der Waals surface area (Å²) in [6.45, 7) is 8.89. The Labute approximate surface area is 230 Å². The SMILES string of the molecule is C#Cc1ccc(C(C(=O)NCCC(=O)OCC)N(CCC)C(=O)C(CCC(N)=O)NC(=O)OC(C)(C)C)cc1. The third kappa shape index (κ3) is 11.9. The standard InChI is InChI=1S/C28H40N4O7/c1-7-18-32(26(36)21(14-15-22(29)33)31-27(37)39-28(4,5)6)24(20-12-10-19(8-2)11-13-20)25(35)30-17-16-23(34)38-9-3/h2,10-13,21,24H,7,9,14-18H2,1,3-6H3,(H2,29,33)(H,30,35)(H,31,37). The van der Waals surface area contributed by atoms with Crippen molar-refractivity contribution in [3.63, 3.8) is 0 Å². The first-order valence-corrected chi connectivity index (χ1v) is 12.9. The van der Waals surface area contributed by atoms with Gasteiger partial charge in [0.05, 0.1) is 13.0 Å². The summed E-state index contributed by atoms with van der Waals surface area (Å²) in [5.41, 5.74) is 5.53. The van der Waals surface area contributed by atoms with E-state index in [1.165, 1.54) is 4.90 Å². The zero-order chi connectivity index (χ0) is 29.6. The predicted octanol–water partition coefficient (Wildman–Crippen LogP) is 2.18. The highest BCUT2D eigenvalue weighted by molar-refractivity contribution is 5.92. The highest BCUT2D eigenvalue weighted by Crippen LogP contribution is 2.24. The van der Waals surface area contributed by atoms with E-state index >= 15 is 0 Å². The number of nitrogens with one attached hydrogen (secondary N) is 2. The molecule has 0 spiro atoms. The smallest absolute Gasteiger partial charge is 0.408 e. The molecule has 1 aromatic rings. The molecule has 11 nitrogen and oxygen atoms in total. The number of amides is 4. The summed E-state index contributed by atoms with van der Waals surface area (Å²) in [4.78, 5) is 64.5. The molecule has 1 rings (SSSR count). The highest BCUT2D eigenvalue weighted by atomic mass is 16.6. The summed E-state index contributed by atoms with van der Waals surface area (Å²) >= 11 is 0. The van der Waals surface area contributed by atoms with Crippen molar-refractivity contribution in [3.05, 3.63) is 35.4 Å². The van der Waals surface area contributed by atoms with Crippen molar-refractivity contribution in [1.82, 2.24) is 15.5 Å². The summed E-state index contributed by atoms with van der Waals surface area (Å²) in [5, 5.41) is 5.22. The Hall–Kier alpha value is -4.07. The maximum Gasteiger partial charge on any atom is 0.408 e. The van der Waals surface area contributed by atoms with Gasteiger partial charge in [0.2, 0.25) is 17.7 Å². The minimum Gasteiger partial charge on any atom is -0.466 e. The molecule has 214 valence electrons. The minimum atomic E-state index is -1.20. The lowest BCUT2D eigenvalue weighted by molar-refractivity contribution is -0.144. The zero-order valence-electron chi connectivity index (χ0n) is 23.4. The van der Waals surface area contributed by atoms with Crippen molar-refractivity contribution >= 4 is 29.8 Å². The predicted molar refractivity (Wildman–Crippen MR) is 145 cm³/mol. The van der Waals surface area contributed by atoms with Gasteiger partial charge in [0.25, 0.3) is 0 Å². The average Bonchev–Trinajstić information content (AvgIpc) is 2.85. The van der Waals surface area contributed by atoms with Crippen LogP contribution in [-0.4, -0.2) is 66.0 Å². The molecule has 0 saturated carbocycles. The van der Waals surface area contributed by atoms with Crippen molar-refractivity contribution in [3.8, 4) is 12.3 Å². The van der Waals surface area contributed by atoms with E-state index in [9.17, 15) is 24.0 Å². The number of benzene rings is 1. The van der Waals surface area contributed by atoms with Gasteiger partial charge in [0.15, 0.2) is 0 Å². The van der Waals surface area contributed by atoms with E-state index in [-0.39, 0.29) is 39.0 Å². The highest BCUT2D eigenvalue weighted by Gasteiger charge is 2.36. The Morgan fingerprint density at radius 3 is 2.23 bits per heavy atom. The summed E-state index contributed by atoms with van der Waals surface area (Å²) in [5.74, 6) is 0.240. The fourth-order valence-corrected chi connectivity index (χ4v) is 3.65. The molecule has 0 heterocycles. The van der Waals surface area contributed by atoms with Gasteiger partial charge in [0, 0.05) is 25.1 Å². The van der Waals surface area contributed by atoms with Crippen LogP contribution in [0.2, 0.25) is 0 Å². The first-order chi connectivity index (χ1) is 18.3. The third-order valence-electron chi connectivity index (χ3n) is 5.30. The fraction of sp³-hybridized carbons (Fsp3) is 0.536. The number of esters is 1. The average molecular weight is 545 g/mol. The molecular weight excluding hydrogens is 504 g/mol. The Morgan fingerprint density at radius 1 is 1.08 bits per heavy atom. The van der Waals surface area contributed by atoms with Crippen LogP contribution in [0.5, 0.6) is 0 Å². The van der Waals surface area contributed by atoms with Crippen molar-refractivity contribution < 1.29 is 33.4 Å². The molecular formula is C28H40N4O7. The molecule has 1 aromatic carbocycles. The number of hydrogen-bond acceptors (Lipinski definition) is 7. The lowest BCUT2D eigenvalue weighted by Crippen LogP contribution is -2.53. The van der Waals surface area contributed by atoms with Crippen molar-refractivity contribution in [2.24, 2.45) is 5.73 Å².